The first kappa shape index (κ1) is 19.6. The van der Waals surface area contributed by atoms with Crippen LogP contribution in [0.2, 0.25) is 5.02 Å². The summed E-state index contributed by atoms with van der Waals surface area (Å²) in [6.07, 6.45) is 1.01. The zero-order valence-electron chi connectivity index (χ0n) is 13.4. The van der Waals surface area contributed by atoms with E-state index >= 15 is 0 Å². The highest BCUT2D eigenvalue weighted by molar-refractivity contribution is 6.30. The van der Waals surface area contributed by atoms with Gasteiger partial charge in [0.05, 0.1) is 19.6 Å². The number of nitrogens with zero attached hydrogens (tertiary/aromatic N) is 1. The summed E-state index contributed by atoms with van der Waals surface area (Å²) < 4.78 is 9.61. The quantitative estimate of drug-likeness (QED) is 0.308. The van der Waals surface area contributed by atoms with E-state index in [1.807, 2.05) is 0 Å². The van der Waals surface area contributed by atoms with E-state index in [1.165, 1.54) is 6.08 Å². The third kappa shape index (κ3) is 6.00. The van der Waals surface area contributed by atoms with E-state index in [4.69, 9.17) is 21.1 Å². The van der Waals surface area contributed by atoms with Crippen molar-refractivity contribution in [2.75, 3.05) is 13.2 Å². The molecule has 0 spiro atoms. The summed E-state index contributed by atoms with van der Waals surface area (Å²) >= 11 is 5.80. The lowest BCUT2D eigenvalue weighted by atomic mass is 10.0. The Balaban J connectivity index is 3.12. The summed E-state index contributed by atoms with van der Waals surface area (Å²) in [5.41, 5.74) is 0.613. The minimum Gasteiger partial charge on any atom is -0.463 e. The normalized spacial score (nSPS) is 12.4. The van der Waals surface area contributed by atoms with Crippen LogP contribution in [0.4, 0.5) is 0 Å². The van der Waals surface area contributed by atoms with E-state index in [1.54, 1.807) is 38.1 Å². The molecule has 0 aliphatic carbocycles. The Morgan fingerprint density at radius 2 is 1.79 bits per heavy atom. The Bertz CT molecular complexity index is 626. The van der Waals surface area contributed by atoms with Gasteiger partial charge >= 0.3 is 18.0 Å². The summed E-state index contributed by atoms with van der Waals surface area (Å²) in [5.74, 6) is -1.71. The zero-order chi connectivity index (χ0) is 18.1. The van der Waals surface area contributed by atoms with E-state index < -0.39 is 29.3 Å². The molecular weight excluding hydrogens is 338 g/mol. The van der Waals surface area contributed by atoms with E-state index in [0.717, 1.165) is 0 Å². The van der Waals surface area contributed by atoms with Gasteiger partial charge in [-0.2, -0.15) is 0 Å². The molecule has 7 nitrogen and oxygen atoms in total. The number of esters is 2. The SMILES string of the molecule is CCOC(=O)/C(=C/c1ccc(Cl)cc1)CC(C(=O)OCC)[N+](=O)[O-]. The van der Waals surface area contributed by atoms with Gasteiger partial charge in [0.15, 0.2) is 0 Å². The Kier molecular flexibility index (Phi) is 7.91. The third-order valence-corrected chi connectivity index (χ3v) is 3.23. The first-order chi connectivity index (χ1) is 11.4. The van der Waals surface area contributed by atoms with Gasteiger partial charge in [-0.1, -0.05) is 23.7 Å². The molecule has 1 aromatic carbocycles. The summed E-state index contributed by atoms with van der Waals surface area (Å²) in [6.45, 7) is 3.29. The predicted octanol–water partition coefficient (Wildman–Crippen LogP) is 2.89. The molecule has 0 saturated heterocycles. The van der Waals surface area contributed by atoms with Crippen molar-refractivity contribution in [2.45, 2.75) is 26.3 Å². The molecular formula is C16H18ClNO6. The van der Waals surface area contributed by atoms with E-state index in [-0.39, 0.29) is 18.8 Å². The van der Waals surface area contributed by atoms with Gasteiger partial charge in [0.25, 0.3) is 0 Å². The second-order valence-corrected chi connectivity index (χ2v) is 5.14. The molecule has 0 saturated carbocycles. The van der Waals surface area contributed by atoms with Crippen LogP contribution in [0, 0.1) is 10.1 Å². The molecule has 1 aromatic rings. The number of benzene rings is 1. The van der Waals surface area contributed by atoms with Crippen molar-refractivity contribution in [1.29, 1.82) is 0 Å². The summed E-state index contributed by atoms with van der Waals surface area (Å²) in [4.78, 5) is 34.2. The van der Waals surface area contributed by atoms with Crippen molar-refractivity contribution in [2.24, 2.45) is 0 Å². The lowest BCUT2D eigenvalue weighted by molar-refractivity contribution is -0.509. The number of hydrogen-bond acceptors (Lipinski definition) is 6. The summed E-state index contributed by atoms with van der Waals surface area (Å²) in [6, 6.07) is 4.85. The van der Waals surface area contributed by atoms with Gasteiger partial charge in [0, 0.05) is 15.5 Å². The number of ether oxygens (including phenoxy) is 2. The lowest BCUT2D eigenvalue weighted by Crippen LogP contribution is -2.33. The number of carbonyl (C=O) groups excluding carboxylic acids is 2. The molecule has 130 valence electrons. The fraction of sp³-hybridized carbons (Fsp3) is 0.375. The predicted molar refractivity (Wildman–Crippen MR) is 88.1 cm³/mol. The fourth-order valence-electron chi connectivity index (χ4n) is 1.88. The van der Waals surface area contributed by atoms with E-state index in [0.29, 0.717) is 10.6 Å². The van der Waals surface area contributed by atoms with Gasteiger partial charge < -0.3 is 9.47 Å². The minimum atomic E-state index is -1.67. The van der Waals surface area contributed by atoms with Crippen molar-refractivity contribution < 1.29 is 24.0 Å². The highest BCUT2D eigenvalue weighted by atomic mass is 35.5. The van der Waals surface area contributed by atoms with Gasteiger partial charge in [-0.05, 0) is 37.6 Å². The summed E-state index contributed by atoms with van der Waals surface area (Å²) in [7, 11) is 0. The smallest absolute Gasteiger partial charge is 0.382 e. The van der Waals surface area contributed by atoms with Crippen LogP contribution in [0.3, 0.4) is 0 Å². The van der Waals surface area contributed by atoms with Gasteiger partial charge in [0.2, 0.25) is 0 Å². The molecule has 1 atom stereocenters. The first-order valence-corrected chi connectivity index (χ1v) is 7.70. The van der Waals surface area contributed by atoms with E-state index in [2.05, 4.69) is 0 Å². The van der Waals surface area contributed by atoms with Crippen molar-refractivity contribution in [1.82, 2.24) is 0 Å². The monoisotopic (exact) mass is 355 g/mol. The molecule has 0 amide bonds. The Labute approximate surface area is 144 Å². The molecule has 1 unspecified atom stereocenters. The number of rotatable bonds is 8. The average Bonchev–Trinajstić information content (AvgIpc) is 2.53. The molecule has 0 heterocycles. The van der Waals surface area contributed by atoms with Crippen LogP contribution >= 0.6 is 11.6 Å². The molecule has 0 N–H and O–H groups in total. The molecule has 24 heavy (non-hydrogen) atoms. The van der Waals surface area contributed by atoms with Crippen LogP contribution in [0.5, 0.6) is 0 Å². The largest absolute Gasteiger partial charge is 0.463 e. The minimum absolute atomic E-state index is 0.00826. The maximum Gasteiger partial charge on any atom is 0.382 e. The first-order valence-electron chi connectivity index (χ1n) is 7.32. The number of carbonyl (C=O) groups is 2. The number of nitro groups is 1. The molecule has 0 fully saturated rings. The summed E-state index contributed by atoms with van der Waals surface area (Å²) in [5, 5.41) is 11.7. The van der Waals surface area contributed by atoms with Crippen LogP contribution in [0.1, 0.15) is 25.8 Å². The molecule has 8 heteroatoms. The Hall–Kier alpha value is -2.41. The maximum absolute atomic E-state index is 12.1. The molecule has 0 radical (unpaired) electrons. The van der Waals surface area contributed by atoms with Crippen LogP contribution in [-0.2, 0) is 19.1 Å². The van der Waals surface area contributed by atoms with Gasteiger partial charge in [-0.25, -0.2) is 9.59 Å². The molecule has 0 aliphatic rings. The second-order valence-electron chi connectivity index (χ2n) is 4.70. The highest BCUT2D eigenvalue weighted by Gasteiger charge is 2.34. The van der Waals surface area contributed by atoms with Crippen LogP contribution < -0.4 is 0 Å². The fourth-order valence-corrected chi connectivity index (χ4v) is 2.00. The van der Waals surface area contributed by atoms with Gasteiger partial charge in [0.1, 0.15) is 0 Å². The van der Waals surface area contributed by atoms with Crippen molar-refractivity contribution in [3.8, 4) is 0 Å². The number of halogens is 1. The van der Waals surface area contributed by atoms with Crippen LogP contribution in [-0.4, -0.2) is 36.1 Å². The van der Waals surface area contributed by atoms with Crippen LogP contribution in [0.15, 0.2) is 29.8 Å². The maximum atomic E-state index is 12.1. The molecule has 1 rings (SSSR count). The molecule has 0 aliphatic heterocycles. The zero-order valence-corrected chi connectivity index (χ0v) is 14.1. The second kappa shape index (κ2) is 9.67. The van der Waals surface area contributed by atoms with Crippen molar-refractivity contribution in [3.05, 3.63) is 50.5 Å². The third-order valence-electron chi connectivity index (χ3n) is 2.97. The van der Waals surface area contributed by atoms with Crippen LogP contribution in [0.25, 0.3) is 6.08 Å². The Morgan fingerprint density at radius 3 is 2.29 bits per heavy atom. The van der Waals surface area contributed by atoms with Gasteiger partial charge in [-0.15, -0.1) is 0 Å². The van der Waals surface area contributed by atoms with Gasteiger partial charge in [-0.3, -0.25) is 10.1 Å². The highest BCUT2D eigenvalue weighted by Crippen LogP contribution is 2.18. The molecule has 0 aromatic heterocycles. The Morgan fingerprint density at radius 1 is 1.21 bits per heavy atom. The van der Waals surface area contributed by atoms with E-state index in [9.17, 15) is 19.7 Å². The lowest BCUT2D eigenvalue weighted by Gasteiger charge is -2.11. The average molecular weight is 356 g/mol. The number of hydrogen-bond donors (Lipinski definition) is 0. The van der Waals surface area contributed by atoms with Crippen molar-refractivity contribution >= 4 is 29.6 Å². The topological polar surface area (TPSA) is 95.7 Å². The molecule has 0 bridgehead atoms. The standard InChI is InChI=1S/C16H18ClNO6/c1-3-23-15(19)12(9-11-5-7-13(17)8-6-11)10-14(18(21)22)16(20)24-4-2/h5-9,14H,3-4,10H2,1-2H3/b12-9+. The van der Waals surface area contributed by atoms with Crippen molar-refractivity contribution in [3.63, 3.8) is 0 Å².